The highest BCUT2D eigenvalue weighted by Gasteiger charge is 2.10. The van der Waals surface area contributed by atoms with E-state index in [1.807, 2.05) is 12.1 Å². The first-order valence-electron chi connectivity index (χ1n) is 5.98. The molecule has 0 saturated heterocycles. The molecule has 1 N–H and O–H groups in total. The van der Waals surface area contributed by atoms with E-state index in [-0.39, 0.29) is 0 Å². The fourth-order valence-electron chi connectivity index (χ4n) is 2.37. The number of aromatic hydroxyl groups is 1. The van der Waals surface area contributed by atoms with Crippen molar-refractivity contribution >= 4 is 10.8 Å². The molecular formula is C15H18O. The molecule has 0 fully saturated rings. The summed E-state index contributed by atoms with van der Waals surface area (Å²) in [6.07, 6.45) is 2.29. The third kappa shape index (κ3) is 1.90. The molecular weight excluding hydrogens is 196 g/mol. The number of hydrogen-bond donors (Lipinski definition) is 1. The minimum atomic E-state index is 0.353. The average molecular weight is 214 g/mol. The van der Waals surface area contributed by atoms with Crippen LogP contribution in [0.4, 0.5) is 0 Å². The molecule has 2 aromatic carbocycles. The van der Waals surface area contributed by atoms with Gasteiger partial charge in [-0.3, -0.25) is 0 Å². The Bertz CT molecular complexity index is 484. The van der Waals surface area contributed by atoms with Gasteiger partial charge in [0.25, 0.3) is 0 Å². The van der Waals surface area contributed by atoms with Gasteiger partial charge in [-0.05, 0) is 47.2 Å². The molecule has 0 atom stereocenters. The molecule has 0 aliphatic rings. The van der Waals surface area contributed by atoms with Crippen LogP contribution in [0.2, 0.25) is 0 Å². The highest BCUT2D eigenvalue weighted by Crippen LogP contribution is 2.31. The van der Waals surface area contributed by atoms with E-state index in [2.05, 4.69) is 32.0 Å². The van der Waals surface area contributed by atoms with Crippen LogP contribution >= 0.6 is 0 Å². The van der Waals surface area contributed by atoms with Gasteiger partial charge in [0.1, 0.15) is 5.75 Å². The number of hydrogen-bond acceptors (Lipinski definition) is 1. The highest BCUT2D eigenvalue weighted by atomic mass is 16.3. The van der Waals surface area contributed by atoms with E-state index >= 15 is 0 Å². The number of rotatable bonds is 3. The van der Waals surface area contributed by atoms with Crippen LogP contribution in [0.1, 0.15) is 38.2 Å². The summed E-state index contributed by atoms with van der Waals surface area (Å²) in [7, 11) is 0. The molecule has 0 radical (unpaired) electrons. The first-order valence-corrected chi connectivity index (χ1v) is 5.98. The van der Waals surface area contributed by atoms with Crippen molar-refractivity contribution in [3.05, 3.63) is 42.0 Å². The second-order valence-electron chi connectivity index (χ2n) is 4.27. The molecule has 84 valence electrons. The maximum absolute atomic E-state index is 9.58. The lowest BCUT2D eigenvalue weighted by molar-refractivity contribution is 0.476. The fourth-order valence-corrected chi connectivity index (χ4v) is 2.37. The van der Waals surface area contributed by atoms with Gasteiger partial charge in [-0.1, -0.05) is 38.1 Å². The first-order chi connectivity index (χ1) is 7.76. The lowest BCUT2D eigenvalue weighted by atomic mass is 9.90. The summed E-state index contributed by atoms with van der Waals surface area (Å²) in [6, 6.07) is 12.0. The molecule has 0 heterocycles. The van der Waals surface area contributed by atoms with Crippen molar-refractivity contribution in [3.63, 3.8) is 0 Å². The standard InChI is InChI=1S/C15H18O/c1-3-11(4-2)14-7-5-6-12-8-9-13(16)10-15(12)14/h5-11,16H,3-4H2,1-2H3. The van der Waals surface area contributed by atoms with Crippen LogP contribution in [-0.2, 0) is 0 Å². The predicted molar refractivity (Wildman–Crippen MR) is 68.9 cm³/mol. The Balaban J connectivity index is 2.64. The Morgan fingerprint density at radius 1 is 1.06 bits per heavy atom. The molecule has 2 aromatic rings. The molecule has 0 aromatic heterocycles. The van der Waals surface area contributed by atoms with Gasteiger partial charge in [0.05, 0.1) is 0 Å². The van der Waals surface area contributed by atoms with Crippen LogP contribution in [0.15, 0.2) is 36.4 Å². The molecule has 16 heavy (non-hydrogen) atoms. The van der Waals surface area contributed by atoms with E-state index in [0.717, 1.165) is 12.8 Å². The van der Waals surface area contributed by atoms with Gasteiger partial charge in [0.15, 0.2) is 0 Å². The van der Waals surface area contributed by atoms with Crippen LogP contribution in [0.5, 0.6) is 5.75 Å². The van der Waals surface area contributed by atoms with E-state index in [1.165, 1.54) is 16.3 Å². The Kier molecular flexibility index (Phi) is 3.14. The number of phenols is 1. The zero-order valence-electron chi connectivity index (χ0n) is 9.90. The van der Waals surface area contributed by atoms with Crippen molar-refractivity contribution in [2.75, 3.05) is 0 Å². The summed E-state index contributed by atoms with van der Waals surface area (Å²) in [5.41, 5.74) is 1.36. The number of fused-ring (bicyclic) bond motifs is 1. The van der Waals surface area contributed by atoms with Gasteiger partial charge in [-0.25, -0.2) is 0 Å². The Labute approximate surface area is 96.7 Å². The van der Waals surface area contributed by atoms with Crippen LogP contribution in [-0.4, -0.2) is 5.11 Å². The third-order valence-electron chi connectivity index (χ3n) is 3.32. The minimum absolute atomic E-state index is 0.353. The quantitative estimate of drug-likeness (QED) is 0.800. The maximum atomic E-state index is 9.58. The second-order valence-corrected chi connectivity index (χ2v) is 4.27. The van der Waals surface area contributed by atoms with Crippen molar-refractivity contribution in [1.82, 2.24) is 0 Å². The van der Waals surface area contributed by atoms with Gasteiger partial charge in [0, 0.05) is 0 Å². The van der Waals surface area contributed by atoms with E-state index < -0.39 is 0 Å². The van der Waals surface area contributed by atoms with Crippen molar-refractivity contribution in [2.45, 2.75) is 32.6 Å². The Hall–Kier alpha value is -1.50. The molecule has 0 spiro atoms. The highest BCUT2D eigenvalue weighted by molar-refractivity contribution is 5.87. The van der Waals surface area contributed by atoms with Gasteiger partial charge in [0.2, 0.25) is 0 Å². The number of phenolic OH excluding ortho intramolecular Hbond substituents is 1. The van der Waals surface area contributed by atoms with Crippen LogP contribution in [0.3, 0.4) is 0 Å². The molecule has 1 nitrogen and oxygen atoms in total. The lowest BCUT2D eigenvalue weighted by Gasteiger charge is -2.15. The summed E-state index contributed by atoms with van der Waals surface area (Å²) in [6.45, 7) is 4.44. The summed E-state index contributed by atoms with van der Waals surface area (Å²) < 4.78 is 0. The SMILES string of the molecule is CCC(CC)c1cccc2ccc(O)cc12. The van der Waals surface area contributed by atoms with E-state index in [0.29, 0.717) is 11.7 Å². The van der Waals surface area contributed by atoms with E-state index in [1.54, 1.807) is 6.07 Å². The smallest absolute Gasteiger partial charge is 0.116 e. The summed E-state index contributed by atoms with van der Waals surface area (Å²) in [4.78, 5) is 0. The van der Waals surface area contributed by atoms with Gasteiger partial charge < -0.3 is 5.11 Å². The topological polar surface area (TPSA) is 20.2 Å². The monoisotopic (exact) mass is 214 g/mol. The molecule has 2 rings (SSSR count). The lowest BCUT2D eigenvalue weighted by Crippen LogP contribution is -1.96. The normalized spacial score (nSPS) is 11.2. The van der Waals surface area contributed by atoms with Crippen molar-refractivity contribution in [1.29, 1.82) is 0 Å². The number of benzene rings is 2. The summed E-state index contributed by atoms with van der Waals surface area (Å²) >= 11 is 0. The molecule has 0 amide bonds. The van der Waals surface area contributed by atoms with Crippen molar-refractivity contribution < 1.29 is 5.11 Å². The van der Waals surface area contributed by atoms with Gasteiger partial charge in [-0.2, -0.15) is 0 Å². The Morgan fingerprint density at radius 2 is 1.81 bits per heavy atom. The second kappa shape index (κ2) is 4.56. The predicted octanol–water partition coefficient (Wildman–Crippen LogP) is 4.45. The molecule has 0 bridgehead atoms. The van der Waals surface area contributed by atoms with Gasteiger partial charge in [-0.15, -0.1) is 0 Å². The molecule has 0 saturated carbocycles. The molecule has 0 unspecified atom stereocenters. The Morgan fingerprint density at radius 3 is 2.50 bits per heavy atom. The fraction of sp³-hybridized carbons (Fsp3) is 0.333. The van der Waals surface area contributed by atoms with Crippen LogP contribution in [0, 0.1) is 0 Å². The first kappa shape index (κ1) is 11.0. The van der Waals surface area contributed by atoms with Crippen LogP contribution < -0.4 is 0 Å². The molecule has 0 aliphatic carbocycles. The largest absolute Gasteiger partial charge is 0.508 e. The van der Waals surface area contributed by atoms with E-state index in [4.69, 9.17) is 0 Å². The minimum Gasteiger partial charge on any atom is -0.508 e. The average Bonchev–Trinajstić information content (AvgIpc) is 2.31. The van der Waals surface area contributed by atoms with Crippen molar-refractivity contribution in [2.24, 2.45) is 0 Å². The van der Waals surface area contributed by atoms with E-state index in [9.17, 15) is 5.11 Å². The molecule has 1 heteroatoms. The van der Waals surface area contributed by atoms with Crippen molar-refractivity contribution in [3.8, 4) is 5.75 Å². The third-order valence-corrected chi connectivity index (χ3v) is 3.32. The zero-order chi connectivity index (χ0) is 11.5. The summed E-state index contributed by atoms with van der Waals surface area (Å²) in [5, 5.41) is 12.0. The molecule has 0 aliphatic heterocycles. The van der Waals surface area contributed by atoms with Gasteiger partial charge >= 0.3 is 0 Å². The maximum Gasteiger partial charge on any atom is 0.116 e. The zero-order valence-corrected chi connectivity index (χ0v) is 9.90. The summed E-state index contributed by atoms with van der Waals surface area (Å²) in [5.74, 6) is 0.941. The van der Waals surface area contributed by atoms with Crippen LogP contribution in [0.25, 0.3) is 10.8 Å².